The minimum absolute atomic E-state index is 0.176. The Morgan fingerprint density at radius 2 is 2.06 bits per heavy atom. The summed E-state index contributed by atoms with van der Waals surface area (Å²) in [7, 11) is 0. The van der Waals surface area contributed by atoms with Crippen molar-refractivity contribution in [1.82, 2.24) is 4.90 Å². The average molecular weight is 249 g/mol. The van der Waals surface area contributed by atoms with Crippen molar-refractivity contribution < 1.29 is 14.6 Å². The molecule has 0 aliphatic carbocycles. The van der Waals surface area contributed by atoms with Gasteiger partial charge in [-0.15, -0.1) is 0 Å². The highest BCUT2D eigenvalue weighted by molar-refractivity contribution is 5.64. The van der Waals surface area contributed by atoms with Crippen LogP contribution < -0.4 is 0 Å². The SMILES string of the molecule is O=C(O)N1CCC[C@@H](OCc2ccccc2)CC1. The molecule has 1 aromatic rings. The van der Waals surface area contributed by atoms with E-state index in [-0.39, 0.29) is 6.10 Å². The van der Waals surface area contributed by atoms with E-state index in [0.717, 1.165) is 24.8 Å². The third-order valence-corrected chi connectivity index (χ3v) is 3.27. The lowest BCUT2D eigenvalue weighted by atomic mass is 10.1. The molecular formula is C14H19NO3. The van der Waals surface area contributed by atoms with Crippen molar-refractivity contribution >= 4 is 6.09 Å². The first-order valence-electron chi connectivity index (χ1n) is 6.39. The van der Waals surface area contributed by atoms with Crippen molar-refractivity contribution in [3.05, 3.63) is 35.9 Å². The van der Waals surface area contributed by atoms with Crippen molar-refractivity contribution in [2.45, 2.75) is 32.0 Å². The average Bonchev–Trinajstić information content (AvgIpc) is 2.63. The zero-order valence-corrected chi connectivity index (χ0v) is 10.4. The number of amides is 1. The molecule has 18 heavy (non-hydrogen) atoms. The van der Waals surface area contributed by atoms with Gasteiger partial charge in [0.25, 0.3) is 0 Å². The third kappa shape index (κ3) is 3.74. The summed E-state index contributed by atoms with van der Waals surface area (Å²) in [6.45, 7) is 1.81. The highest BCUT2D eigenvalue weighted by Crippen LogP contribution is 2.16. The van der Waals surface area contributed by atoms with Crippen LogP contribution in [0.2, 0.25) is 0 Å². The van der Waals surface area contributed by atoms with E-state index in [1.54, 1.807) is 0 Å². The maximum atomic E-state index is 10.9. The first-order chi connectivity index (χ1) is 8.75. The summed E-state index contributed by atoms with van der Waals surface area (Å²) < 4.78 is 5.86. The number of ether oxygens (including phenoxy) is 1. The second-order valence-electron chi connectivity index (χ2n) is 4.62. The molecule has 0 spiro atoms. The lowest BCUT2D eigenvalue weighted by molar-refractivity contribution is 0.0314. The minimum atomic E-state index is -0.821. The number of carbonyl (C=O) groups is 1. The molecule has 1 saturated heterocycles. The van der Waals surface area contributed by atoms with Crippen molar-refractivity contribution in [3.63, 3.8) is 0 Å². The minimum Gasteiger partial charge on any atom is -0.465 e. The molecule has 1 amide bonds. The van der Waals surface area contributed by atoms with Crippen molar-refractivity contribution in [2.24, 2.45) is 0 Å². The number of hydrogen-bond donors (Lipinski definition) is 1. The Hall–Kier alpha value is -1.55. The highest BCUT2D eigenvalue weighted by atomic mass is 16.5. The molecule has 0 unspecified atom stereocenters. The number of nitrogens with zero attached hydrogens (tertiary/aromatic N) is 1. The molecule has 4 nitrogen and oxygen atoms in total. The van der Waals surface area contributed by atoms with E-state index in [1.807, 2.05) is 30.3 Å². The molecule has 0 aromatic heterocycles. The van der Waals surface area contributed by atoms with Crippen molar-refractivity contribution in [3.8, 4) is 0 Å². The Bertz CT molecular complexity index is 380. The Morgan fingerprint density at radius 1 is 1.28 bits per heavy atom. The van der Waals surface area contributed by atoms with Crippen molar-refractivity contribution in [2.75, 3.05) is 13.1 Å². The maximum Gasteiger partial charge on any atom is 0.407 e. The van der Waals surface area contributed by atoms with E-state index < -0.39 is 6.09 Å². The first-order valence-corrected chi connectivity index (χ1v) is 6.39. The van der Waals surface area contributed by atoms with Crippen LogP contribution in [0.5, 0.6) is 0 Å². The van der Waals surface area contributed by atoms with Crippen LogP contribution in [0.3, 0.4) is 0 Å². The van der Waals surface area contributed by atoms with Gasteiger partial charge in [0, 0.05) is 13.1 Å². The van der Waals surface area contributed by atoms with Crippen LogP contribution in [-0.4, -0.2) is 35.3 Å². The topological polar surface area (TPSA) is 49.8 Å². The first kappa shape index (κ1) is 12.9. The van der Waals surface area contributed by atoms with E-state index in [2.05, 4.69) is 0 Å². The van der Waals surface area contributed by atoms with Gasteiger partial charge in [-0.1, -0.05) is 30.3 Å². The van der Waals surface area contributed by atoms with Gasteiger partial charge < -0.3 is 14.7 Å². The second-order valence-corrected chi connectivity index (χ2v) is 4.62. The fraction of sp³-hybridized carbons (Fsp3) is 0.500. The van der Waals surface area contributed by atoms with Crippen molar-refractivity contribution in [1.29, 1.82) is 0 Å². The van der Waals surface area contributed by atoms with Crippen LogP contribution in [0, 0.1) is 0 Å². The number of benzene rings is 1. The normalized spacial score (nSPS) is 20.4. The lowest BCUT2D eigenvalue weighted by Crippen LogP contribution is -2.30. The fourth-order valence-corrected chi connectivity index (χ4v) is 2.21. The van der Waals surface area contributed by atoms with Gasteiger partial charge in [0.05, 0.1) is 12.7 Å². The molecule has 1 atom stereocenters. The zero-order chi connectivity index (χ0) is 12.8. The molecule has 1 aliphatic rings. The van der Waals surface area contributed by atoms with Crippen LogP contribution in [0.15, 0.2) is 30.3 Å². The van der Waals surface area contributed by atoms with Crippen LogP contribution in [0.4, 0.5) is 4.79 Å². The largest absolute Gasteiger partial charge is 0.465 e. The van der Waals surface area contributed by atoms with Gasteiger partial charge in [-0.3, -0.25) is 0 Å². The van der Waals surface area contributed by atoms with Gasteiger partial charge in [0.1, 0.15) is 0 Å². The van der Waals surface area contributed by atoms with E-state index in [4.69, 9.17) is 9.84 Å². The van der Waals surface area contributed by atoms with Crippen LogP contribution in [0.1, 0.15) is 24.8 Å². The molecule has 98 valence electrons. The number of hydrogen-bond acceptors (Lipinski definition) is 2. The zero-order valence-electron chi connectivity index (χ0n) is 10.4. The molecule has 1 heterocycles. The lowest BCUT2D eigenvalue weighted by Gasteiger charge is -2.17. The van der Waals surface area contributed by atoms with E-state index in [0.29, 0.717) is 19.7 Å². The van der Waals surface area contributed by atoms with E-state index in [9.17, 15) is 4.79 Å². The Kier molecular flexibility index (Phi) is 4.59. The Balaban J connectivity index is 1.79. The van der Waals surface area contributed by atoms with Gasteiger partial charge in [-0.25, -0.2) is 4.79 Å². The van der Waals surface area contributed by atoms with Crippen LogP contribution in [-0.2, 0) is 11.3 Å². The van der Waals surface area contributed by atoms with Crippen LogP contribution >= 0.6 is 0 Å². The monoisotopic (exact) mass is 249 g/mol. The predicted molar refractivity (Wildman–Crippen MR) is 68.5 cm³/mol. The molecule has 0 saturated carbocycles. The second kappa shape index (κ2) is 6.40. The van der Waals surface area contributed by atoms with Crippen LogP contribution in [0.25, 0.3) is 0 Å². The number of carboxylic acid groups (broad SMARTS) is 1. The predicted octanol–water partition coefficient (Wildman–Crippen LogP) is 2.74. The van der Waals surface area contributed by atoms with E-state index in [1.165, 1.54) is 4.90 Å². The Labute approximate surface area is 107 Å². The molecule has 0 radical (unpaired) electrons. The molecule has 4 heteroatoms. The summed E-state index contributed by atoms with van der Waals surface area (Å²) >= 11 is 0. The fourth-order valence-electron chi connectivity index (χ4n) is 2.21. The van der Waals surface area contributed by atoms with Gasteiger partial charge in [-0.05, 0) is 24.8 Å². The standard InChI is InChI=1S/C14H19NO3/c16-14(17)15-9-4-7-13(8-10-15)18-11-12-5-2-1-3-6-12/h1-3,5-6,13H,4,7-11H2,(H,16,17)/t13-/m1/s1. The quantitative estimate of drug-likeness (QED) is 0.896. The number of likely N-dealkylation sites (tertiary alicyclic amines) is 1. The molecule has 1 aliphatic heterocycles. The smallest absolute Gasteiger partial charge is 0.407 e. The molecule has 1 N–H and O–H groups in total. The van der Waals surface area contributed by atoms with E-state index >= 15 is 0 Å². The van der Waals surface area contributed by atoms with Gasteiger partial charge >= 0.3 is 6.09 Å². The third-order valence-electron chi connectivity index (χ3n) is 3.27. The Morgan fingerprint density at radius 3 is 2.78 bits per heavy atom. The van der Waals surface area contributed by atoms with Gasteiger partial charge in [0.15, 0.2) is 0 Å². The summed E-state index contributed by atoms with van der Waals surface area (Å²) in [5.41, 5.74) is 1.16. The maximum absolute atomic E-state index is 10.9. The summed E-state index contributed by atoms with van der Waals surface area (Å²) in [5, 5.41) is 8.94. The summed E-state index contributed by atoms with van der Waals surface area (Å²) in [5.74, 6) is 0. The number of rotatable bonds is 3. The molecular weight excluding hydrogens is 230 g/mol. The highest BCUT2D eigenvalue weighted by Gasteiger charge is 2.20. The summed E-state index contributed by atoms with van der Waals surface area (Å²) in [6, 6.07) is 10.1. The van der Waals surface area contributed by atoms with Gasteiger partial charge in [-0.2, -0.15) is 0 Å². The summed E-state index contributed by atoms with van der Waals surface area (Å²) in [6.07, 6.45) is 1.97. The molecule has 2 rings (SSSR count). The molecule has 1 aromatic carbocycles. The molecule has 0 bridgehead atoms. The van der Waals surface area contributed by atoms with Gasteiger partial charge in [0.2, 0.25) is 0 Å². The molecule has 1 fully saturated rings. The summed E-state index contributed by atoms with van der Waals surface area (Å²) in [4.78, 5) is 12.4.